The van der Waals surface area contributed by atoms with Crippen molar-refractivity contribution in [2.24, 2.45) is 0 Å². The predicted octanol–water partition coefficient (Wildman–Crippen LogP) is 4.37. The Balaban J connectivity index is 1.51. The van der Waals surface area contributed by atoms with Crippen molar-refractivity contribution in [2.75, 3.05) is 56.2 Å². The van der Waals surface area contributed by atoms with Crippen LogP contribution in [0.1, 0.15) is 23.6 Å². The lowest BCUT2D eigenvalue weighted by Gasteiger charge is -2.37. The lowest BCUT2D eigenvalue weighted by Crippen LogP contribution is -2.53. The van der Waals surface area contributed by atoms with Gasteiger partial charge in [-0.15, -0.1) is 11.3 Å². The molecular weight excluding hydrogens is 659 g/mol. The molecule has 4 aromatic rings. The Kier molecular flexibility index (Phi) is 8.87. The van der Waals surface area contributed by atoms with Crippen molar-refractivity contribution in [1.29, 1.82) is 5.26 Å². The van der Waals surface area contributed by atoms with Crippen molar-refractivity contribution in [2.45, 2.75) is 17.4 Å². The molecule has 2 aliphatic rings. The lowest BCUT2D eigenvalue weighted by atomic mass is 9.85. The molecule has 2 amide bonds. The minimum atomic E-state index is -4.72. The van der Waals surface area contributed by atoms with Crippen LogP contribution in [0.25, 0.3) is 0 Å². The largest absolute Gasteiger partial charge is 0.497 e. The minimum absolute atomic E-state index is 0.00970. The van der Waals surface area contributed by atoms with E-state index in [2.05, 4.69) is 4.98 Å². The number of para-hydroxylation sites is 1. The molecule has 0 spiro atoms. The van der Waals surface area contributed by atoms with Crippen LogP contribution >= 0.6 is 11.3 Å². The van der Waals surface area contributed by atoms with Gasteiger partial charge in [-0.3, -0.25) is 4.79 Å². The first-order valence-electron chi connectivity index (χ1n) is 14.9. The van der Waals surface area contributed by atoms with Crippen molar-refractivity contribution in [3.05, 3.63) is 88.9 Å². The Hall–Kier alpha value is -5.33. The van der Waals surface area contributed by atoms with Crippen molar-refractivity contribution in [3.8, 4) is 23.3 Å². The van der Waals surface area contributed by atoms with Crippen LogP contribution in [-0.2, 0) is 25.2 Å². The number of carbonyl (C=O) groups is 2. The quantitative estimate of drug-likeness (QED) is 0.246. The van der Waals surface area contributed by atoms with Crippen LogP contribution < -0.4 is 23.4 Å². The van der Waals surface area contributed by atoms with Crippen LogP contribution in [0.3, 0.4) is 0 Å². The molecule has 0 N–H and O–H groups in total. The fourth-order valence-corrected chi connectivity index (χ4v) is 8.15. The lowest BCUT2D eigenvalue weighted by molar-refractivity contribution is -0.132. The second kappa shape index (κ2) is 13.1. The number of amides is 2. The molecule has 248 valence electrons. The maximum atomic E-state index is 15.0. The number of nitrogens with zero attached hydrogens (tertiary/aromatic N) is 5. The molecule has 0 bridgehead atoms. The topological polar surface area (TPSA) is 152 Å². The van der Waals surface area contributed by atoms with Gasteiger partial charge >= 0.3 is 6.09 Å². The van der Waals surface area contributed by atoms with Crippen molar-refractivity contribution in [3.63, 3.8) is 0 Å². The zero-order valence-corrected chi connectivity index (χ0v) is 27.9. The molecule has 1 saturated heterocycles. The maximum Gasteiger partial charge on any atom is 0.411 e. The smallest absolute Gasteiger partial charge is 0.411 e. The van der Waals surface area contributed by atoms with E-state index in [-0.39, 0.29) is 58.5 Å². The number of carbonyl (C=O) groups excluding carboxylic acids is 2. The number of benzene rings is 3. The van der Waals surface area contributed by atoms with E-state index in [0.717, 1.165) is 5.13 Å². The zero-order chi connectivity index (χ0) is 34.1. The van der Waals surface area contributed by atoms with E-state index in [4.69, 9.17) is 18.9 Å². The Morgan fingerprint density at radius 1 is 1.00 bits per heavy atom. The number of piperazine rings is 1. The fraction of sp³-hybridized carbons (Fsp3) is 0.273. The van der Waals surface area contributed by atoms with Gasteiger partial charge in [0.2, 0.25) is 5.60 Å². The molecule has 1 fully saturated rings. The zero-order valence-electron chi connectivity index (χ0n) is 26.3. The van der Waals surface area contributed by atoms with Crippen molar-refractivity contribution < 1.29 is 37.0 Å². The van der Waals surface area contributed by atoms with Crippen molar-refractivity contribution in [1.82, 2.24) is 9.88 Å². The average Bonchev–Trinajstić information content (AvgIpc) is 3.74. The van der Waals surface area contributed by atoms with Crippen LogP contribution in [0.2, 0.25) is 0 Å². The summed E-state index contributed by atoms with van der Waals surface area (Å²) < 4.78 is 52.5. The summed E-state index contributed by atoms with van der Waals surface area (Å²) in [5, 5.41) is 12.6. The summed E-state index contributed by atoms with van der Waals surface area (Å²) in [4.78, 5) is 36.7. The maximum absolute atomic E-state index is 15.0. The number of methoxy groups -OCH3 is 2. The Morgan fingerprint density at radius 3 is 2.44 bits per heavy atom. The second-order valence-corrected chi connectivity index (χ2v) is 13.3. The van der Waals surface area contributed by atoms with Gasteiger partial charge in [0.05, 0.1) is 43.7 Å². The summed E-state index contributed by atoms with van der Waals surface area (Å²) in [6.07, 6.45) is 0.864. The summed E-state index contributed by atoms with van der Waals surface area (Å²) in [7, 11) is -2.00. The Morgan fingerprint density at radius 2 is 1.77 bits per heavy atom. The number of anilines is 2. The van der Waals surface area contributed by atoms with Crippen LogP contribution in [0.4, 0.5) is 15.6 Å². The van der Waals surface area contributed by atoms with Gasteiger partial charge in [-0.1, -0.05) is 18.2 Å². The normalized spacial score (nSPS) is 17.5. The van der Waals surface area contributed by atoms with Crippen LogP contribution in [0.15, 0.2) is 77.1 Å². The molecule has 0 aliphatic carbocycles. The van der Waals surface area contributed by atoms with Crippen LogP contribution in [0, 0.1) is 11.3 Å². The van der Waals surface area contributed by atoms with E-state index in [1.165, 1.54) is 66.9 Å². The molecule has 1 aromatic heterocycles. The van der Waals surface area contributed by atoms with Gasteiger partial charge in [0.25, 0.3) is 15.9 Å². The molecule has 2 aliphatic heterocycles. The van der Waals surface area contributed by atoms with Gasteiger partial charge in [-0.25, -0.2) is 18.2 Å². The van der Waals surface area contributed by atoms with Gasteiger partial charge in [0.15, 0.2) is 5.13 Å². The highest BCUT2D eigenvalue weighted by molar-refractivity contribution is 7.93. The molecule has 1 atom stereocenters. The number of hydrogen-bond acceptors (Lipinski definition) is 12. The van der Waals surface area contributed by atoms with E-state index in [1.807, 2.05) is 16.3 Å². The molecular formula is C33H31N5O8S2. The predicted molar refractivity (Wildman–Crippen MR) is 176 cm³/mol. The highest BCUT2D eigenvalue weighted by Gasteiger charge is 2.61. The first kappa shape index (κ1) is 32.6. The highest BCUT2D eigenvalue weighted by Crippen LogP contribution is 2.52. The number of rotatable bonds is 9. The number of ether oxygens (including phenoxy) is 4. The first-order valence-corrected chi connectivity index (χ1v) is 17.2. The Labute approximate surface area is 281 Å². The number of hydrogen-bond donors (Lipinski definition) is 0. The third-order valence-electron chi connectivity index (χ3n) is 8.13. The van der Waals surface area contributed by atoms with Gasteiger partial charge in [0, 0.05) is 49.4 Å². The Bertz CT molecular complexity index is 2010. The summed E-state index contributed by atoms with van der Waals surface area (Å²) in [6, 6.07) is 16.7. The molecule has 3 heterocycles. The molecule has 13 nitrogen and oxygen atoms in total. The SMILES string of the molecule is CCOc1ccccc1C1(OC(=O)N2CCN(c3nccs3)CC2)C(=O)N(S(=O)(=O)c2ccc(OC)cc2OC)c2ccc(C#N)cc21. The monoisotopic (exact) mass is 689 g/mol. The molecule has 0 saturated carbocycles. The van der Waals surface area contributed by atoms with E-state index in [1.54, 1.807) is 37.4 Å². The number of aromatic nitrogens is 1. The number of sulfonamides is 1. The van der Waals surface area contributed by atoms with E-state index in [0.29, 0.717) is 23.1 Å². The van der Waals surface area contributed by atoms with E-state index >= 15 is 4.79 Å². The fourth-order valence-electron chi connectivity index (χ4n) is 5.86. The van der Waals surface area contributed by atoms with Crippen LogP contribution in [0.5, 0.6) is 17.2 Å². The van der Waals surface area contributed by atoms with Gasteiger partial charge in [0.1, 0.15) is 22.1 Å². The standard InChI is InChI=1S/C33H31N5O8S2/c1-4-45-27-8-6-5-7-24(27)33(46-32(40)37-16-14-36(15-17-37)31-35-13-18-47-31)25-19-22(21-34)9-11-26(25)38(30(33)39)48(41,42)29-12-10-23(43-2)20-28(29)44-3/h5-13,18-20H,4,14-17H2,1-3H3. The van der Waals surface area contributed by atoms with Gasteiger partial charge < -0.3 is 28.7 Å². The summed E-state index contributed by atoms with van der Waals surface area (Å²) in [6.45, 7) is 3.39. The molecule has 48 heavy (non-hydrogen) atoms. The average molecular weight is 690 g/mol. The van der Waals surface area contributed by atoms with Crippen LogP contribution in [-0.4, -0.2) is 77.3 Å². The number of nitriles is 1. The van der Waals surface area contributed by atoms with E-state index in [9.17, 15) is 18.5 Å². The minimum Gasteiger partial charge on any atom is -0.497 e. The van der Waals surface area contributed by atoms with Crippen molar-refractivity contribution >= 4 is 44.2 Å². The molecule has 0 radical (unpaired) electrons. The second-order valence-electron chi connectivity index (χ2n) is 10.7. The highest BCUT2D eigenvalue weighted by atomic mass is 32.2. The summed E-state index contributed by atoms with van der Waals surface area (Å²) in [5.41, 5.74) is -2.24. The number of thiazole rings is 1. The van der Waals surface area contributed by atoms with E-state index < -0.39 is 27.6 Å². The molecule has 1 unspecified atom stereocenters. The summed E-state index contributed by atoms with van der Waals surface area (Å²) in [5.74, 6) is -0.627. The molecule has 6 rings (SSSR count). The molecule has 3 aromatic carbocycles. The van der Waals surface area contributed by atoms with Gasteiger partial charge in [-0.05, 0) is 43.3 Å². The van der Waals surface area contributed by atoms with Gasteiger partial charge in [-0.2, -0.15) is 9.57 Å². The third-order valence-corrected chi connectivity index (χ3v) is 10.7. The number of fused-ring (bicyclic) bond motifs is 1. The molecule has 15 heteroatoms. The third kappa shape index (κ3) is 5.42. The first-order chi connectivity index (χ1) is 23.2. The summed E-state index contributed by atoms with van der Waals surface area (Å²) >= 11 is 1.49.